The first kappa shape index (κ1) is 33.2. The van der Waals surface area contributed by atoms with Crippen molar-refractivity contribution in [3.8, 4) is 11.3 Å². The van der Waals surface area contributed by atoms with Crippen molar-refractivity contribution in [3.05, 3.63) is 59.5 Å². The van der Waals surface area contributed by atoms with Gasteiger partial charge >= 0.3 is 5.97 Å². The quantitative estimate of drug-likeness (QED) is 0.227. The SMILES string of the molecule is CCOC(=O)C1CCN(S(=O)(=O)c2cccc(C(=O)CNc3nc(-c4ccc(S(=O)(=O)N5CCCCCC5)cc4)cs3)c2)CC1. The van der Waals surface area contributed by atoms with Gasteiger partial charge in [0.25, 0.3) is 0 Å². The summed E-state index contributed by atoms with van der Waals surface area (Å²) in [5.41, 5.74) is 1.65. The number of carbonyl (C=O) groups is 2. The van der Waals surface area contributed by atoms with Crippen LogP contribution in [0.5, 0.6) is 0 Å². The van der Waals surface area contributed by atoms with Gasteiger partial charge in [0.15, 0.2) is 10.9 Å². The standard InChI is InChI=1S/C31H38N4O7S3/c1-2-42-30(37)24-14-18-35(19-15-24)45(40,41)27-9-7-8-25(20-27)29(36)21-32-31-33-28(22-43-31)23-10-12-26(13-11-23)44(38,39)34-16-5-3-4-6-17-34/h7-13,20,22,24H,2-6,14-19,21H2,1H3,(H,32,33). The molecule has 45 heavy (non-hydrogen) atoms. The van der Waals surface area contributed by atoms with Crippen molar-refractivity contribution in [2.75, 3.05) is 44.6 Å². The lowest BCUT2D eigenvalue weighted by Gasteiger charge is -2.30. The van der Waals surface area contributed by atoms with E-state index in [4.69, 9.17) is 4.74 Å². The average molecular weight is 675 g/mol. The molecule has 3 heterocycles. The zero-order chi connectivity index (χ0) is 32.0. The Hall–Kier alpha value is -3.17. The second-order valence-corrected chi connectivity index (χ2v) is 15.8. The number of nitrogens with zero attached hydrogens (tertiary/aromatic N) is 3. The summed E-state index contributed by atoms with van der Waals surface area (Å²) in [5, 5.41) is 5.35. The third-order valence-corrected chi connectivity index (χ3v) is 12.7. The van der Waals surface area contributed by atoms with Gasteiger partial charge < -0.3 is 10.1 Å². The number of esters is 1. The highest BCUT2D eigenvalue weighted by Gasteiger charge is 2.33. The number of Topliss-reactive ketones (excluding diaryl/α,β-unsaturated/α-hetero) is 1. The van der Waals surface area contributed by atoms with Crippen molar-refractivity contribution in [2.45, 2.75) is 55.2 Å². The van der Waals surface area contributed by atoms with Crippen LogP contribution in [-0.2, 0) is 29.6 Å². The fraction of sp³-hybridized carbons (Fsp3) is 0.452. The van der Waals surface area contributed by atoms with Gasteiger partial charge in [0.1, 0.15) is 0 Å². The Morgan fingerprint density at radius 1 is 0.889 bits per heavy atom. The number of piperidine rings is 1. The normalized spacial score (nSPS) is 17.4. The van der Waals surface area contributed by atoms with Crippen LogP contribution in [0.1, 0.15) is 55.8 Å². The molecule has 3 aromatic rings. The molecule has 0 saturated carbocycles. The van der Waals surface area contributed by atoms with Crippen LogP contribution in [0.3, 0.4) is 0 Å². The first-order valence-corrected chi connectivity index (χ1v) is 19.0. The summed E-state index contributed by atoms with van der Waals surface area (Å²) in [4.78, 5) is 29.9. The molecule has 1 N–H and O–H groups in total. The monoisotopic (exact) mass is 674 g/mol. The number of nitrogens with one attached hydrogen (secondary N) is 1. The van der Waals surface area contributed by atoms with Gasteiger partial charge in [-0.3, -0.25) is 9.59 Å². The second-order valence-electron chi connectivity index (χ2n) is 11.1. The van der Waals surface area contributed by atoms with E-state index in [1.54, 1.807) is 47.6 Å². The number of rotatable bonds is 11. The fourth-order valence-corrected chi connectivity index (χ4v) is 9.30. The lowest BCUT2D eigenvalue weighted by molar-refractivity contribution is -0.149. The molecule has 2 aliphatic heterocycles. The number of benzene rings is 2. The number of anilines is 1. The largest absolute Gasteiger partial charge is 0.466 e. The molecule has 0 bridgehead atoms. The molecular weight excluding hydrogens is 637 g/mol. The van der Waals surface area contributed by atoms with E-state index in [1.807, 2.05) is 5.38 Å². The van der Waals surface area contributed by atoms with E-state index in [9.17, 15) is 26.4 Å². The molecular formula is C31H38N4O7S3. The number of thiazole rings is 1. The van der Waals surface area contributed by atoms with Crippen LogP contribution in [0.2, 0.25) is 0 Å². The van der Waals surface area contributed by atoms with Crippen molar-refractivity contribution < 1.29 is 31.2 Å². The molecule has 14 heteroatoms. The number of sulfonamides is 2. The summed E-state index contributed by atoms with van der Waals surface area (Å²) in [7, 11) is -7.38. The average Bonchev–Trinajstić information content (AvgIpc) is 3.35. The first-order chi connectivity index (χ1) is 21.6. The molecule has 0 aliphatic carbocycles. The number of hydrogen-bond donors (Lipinski definition) is 1. The van der Waals surface area contributed by atoms with Crippen LogP contribution in [0.4, 0.5) is 5.13 Å². The highest BCUT2D eigenvalue weighted by Crippen LogP contribution is 2.28. The Morgan fingerprint density at radius 3 is 2.20 bits per heavy atom. The van der Waals surface area contributed by atoms with E-state index in [-0.39, 0.29) is 59.3 Å². The summed E-state index contributed by atoms with van der Waals surface area (Å²) >= 11 is 1.31. The van der Waals surface area contributed by atoms with Gasteiger partial charge in [-0.1, -0.05) is 37.1 Å². The predicted octanol–water partition coefficient (Wildman–Crippen LogP) is 4.63. The summed E-state index contributed by atoms with van der Waals surface area (Å²) in [5.74, 6) is -0.909. The number of ketones is 1. The van der Waals surface area contributed by atoms with Crippen molar-refractivity contribution in [1.29, 1.82) is 0 Å². The Kier molecular flexibility index (Phi) is 10.7. The van der Waals surface area contributed by atoms with Gasteiger partial charge in [0.05, 0.1) is 34.6 Å². The van der Waals surface area contributed by atoms with Gasteiger partial charge in [0, 0.05) is 42.7 Å². The summed E-state index contributed by atoms with van der Waals surface area (Å²) in [6, 6.07) is 12.7. The van der Waals surface area contributed by atoms with Crippen LogP contribution >= 0.6 is 11.3 Å². The minimum atomic E-state index is -3.84. The first-order valence-electron chi connectivity index (χ1n) is 15.2. The highest BCUT2D eigenvalue weighted by atomic mass is 32.2. The molecule has 0 amide bonds. The molecule has 0 atom stereocenters. The zero-order valence-electron chi connectivity index (χ0n) is 25.2. The maximum atomic E-state index is 13.3. The molecule has 11 nitrogen and oxygen atoms in total. The predicted molar refractivity (Wildman–Crippen MR) is 172 cm³/mol. The smallest absolute Gasteiger partial charge is 0.309 e. The highest BCUT2D eigenvalue weighted by molar-refractivity contribution is 7.89. The second kappa shape index (κ2) is 14.5. The van der Waals surface area contributed by atoms with Crippen molar-refractivity contribution in [1.82, 2.24) is 13.6 Å². The number of carbonyl (C=O) groups excluding carboxylic acids is 2. The van der Waals surface area contributed by atoms with Crippen molar-refractivity contribution >= 4 is 48.3 Å². The fourth-order valence-electron chi connectivity index (χ4n) is 5.55. The van der Waals surface area contributed by atoms with Crippen LogP contribution in [0, 0.1) is 5.92 Å². The van der Waals surface area contributed by atoms with Gasteiger partial charge in [-0.2, -0.15) is 8.61 Å². The molecule has 0 spiro atoms. The van der Waals surface area contributed by atoms with E-state index < -0.39 is 20.0 Å². The Balaban J connectivity index is 1.18. The Labute approximate surface area is 268 Å². The summed E-state index contributed by atoms with van der Waals surface area (Å²) in [6.45, 7) is 3.43. The van der Waals surface area contributed by atoms with E-state index in [2.05, 4.69) is 10.3 Å². The number of hydrogen-bond acceptors (Lipinski definition) is 10. The third kappa shape index (κ3) is 7.80. The van der Waals surface area contributed by atoms with Gasteiger partial charge in [-0.15, -0.1) is 11.3 Å². The lowest BCUT2D eigenvalue weighted by atomic mass is 9.98. The van der Waals surface area contributed by atoms with Crippen LogP contribution < -0.4 is 5.32 Å². The maximum Gasteiger partial charge on any atom is 0.309 e. The molecule has 2 fully saturated rings. The topological polar surface area (TPSA) is 143 Å². The molecule has 5 rings (SSSR count). The van der Waals surface area contributed by atoms with Crippen LogP contribution in [-0.4, -0.2) is 81.5 Å². The minimum absolute atomic E-state index is 0.0285. The molecule has 0 radical (unpaired) electrons. The molecule has 2 aliphatic rings. The van der Waals surface area contributed by atoms with Gasteiger partial charge in [-0.05, 0) is 56.9 Å². The van der Waals surface area contributed by atoms with Crippen molar-refractivity contribution in [3.63, 3.8) is 0 Å². The molecule has 2 aromatic carbocycles. The van der Waals surface area contributed by atoms with Gasteiger partial charge in [0.2, 0.25) is 20.0 Å². The van der Waals surface area contributed by atoms with E-state index in [0.717, 1.165) is 31.2 Å². The summed E-state index contributed by atoms with van der Waals surface area (Å²) in [6.07, 6.45) is 4.61. The molecule has 242 valence electrons. The van der Waals surface area contributed by atoms with E-state index in [1.165, 1.54) is 27.8 Å². The number of ether oxygens (including phenoxy) is 1. The van der Waals surface area contributed by atoms with Crippen LogP contribution in [0.15, 0.2) is 63.7 Å². The van der Waals surface area contributed by atoms with E-state index >= 15 is 0 Å². The van der Waals surface area contributed by atoms with E-state index in [0.29, 0.717) is 36.8 Å². The van der Waals surface area contributed by atoms with Gasteiger partial charge in [-0.25, -0.2) is 21.8 Å². The Bertz CT molecular complexity index is 1710. The summed E-state index contributed by atoms with van der Waals surface area (Å²) < 4.78 is 60.7. The molecule has 1 aromatic heterocycles. The van der Waals surface area contributed by atoms with Crippen molar-refractivity contribution in [2.24, 2.45) is 5.92 Å². The number of aromatic nitrogens is 1. The van der Waals surface area contributed by atoms with Crippen LogP contribution in [0.25, 0.3) is 11.3 Å². The molecule has 0 unspecified atom stereocenters. The minimum Gasteiger partial charge on any atom is -0.466 e. The lowest BCUT2D eigenvalue weighted by Crippen LogP contribution is -2.40. The molecule has 2 saturated heterocycles. The Morgan fingerprint density at radius 2 is 1.53 bits per heavy atom. The third-order valence-electron chi connectivity index (χ3n) is 8.12. The maximum absolute atomic E-state index is 13.3. The zero-order valence-corrected chi connectivity index (χ0v) is 27.6.